The molecule has 0 fully saturated rings. The number of hydrogen-bond donors (Lipinski definition) is 1. The maximum Gasteiger partial charge on any atom is 0.322 e. The Morgan fingerprint density at radius 2 is 2.00 bits per heavy atom. The second-order valence-electron chi connectivity index (χ2n) is 7.21. The molecule has 8 heteroatoms. The highest BCUT2D eigenvalue weighted by atomic mass is 16.5. The van der Waals surface area contributed by atoms with Gasteiger partial charge in [0.05, 0.1) is 38.1 Å². The second kappa shape index (κ2) is 8.06. The quantitative estimate of drug-likeness (QED) is 0.792. The minimum Gasteiger partial charge on any atom is -0.497 e. The molecule has 8 nitrogen and oxygen atoms in total. The average Bonchev–Trinajstić information content (AvgIpc) is 3.11. The molecule has 3 heterocycles. The average molecular weight is 408 g/mol. The van der Waals surface area contributed by atoms with Gasteiger partial charge in [0.2, 0.25) is 0 Å². The molecule has 2 aliphatic heterocycles. The molecule has 30 heavy (non-hydrogen) atoms. The van der Waals surface area contributed by atoms with Crippen molar-refractivity contribution in [1.29, 1.82) is 0 Å². The van der Waals surface area contributed by atoms with Crippen LogP contribution in [0.15, 0.2) is 53.9 Å². The molecule has 1 aromatic carbocycles. The maximum absolute atomic E-state index is 13.3. The van der Waals surface area contributed by atoms with E-state index in [0.717, 1.165) is 5.69 Å². The van der Waals surface area contributed by atoms with E-state index in [9.17, 15) is 9.59 Å². The number of ether oxygens (including phenoxy) is 2. The third-order valence-corrected chi connectivity index (χ3v) is 5.55. The smallest absolute Gasteiger partial charge is 0.322 e. The third kappa shape index (κ3) is 3.45. The van der Waals surface area contributed by atoms with E-state index >= 15 is 0 Å². The summed E-state index contributed by atoms with van der Waals surface area (Å²) in [6, 6.07) is 10.2. The van der Waals surface area contributed by atoms with Crippen molar-refractivity contribution < 1.29 is 19.1 Å². The van der Waals surface area contributed by atoms with Crippen molar-refractivity contribution in [3.63, 3.8) is 0 Å². The largest absolute Gasteiger partial charge is 0.497 e. The number of rotatable bonds is 6. The fraction of sp³-hybridized carbons (Fsp3) is 0.318. The van der Waals surface area contributed by atoms with Gasteiger partial charge in [0.1, 0.15) is 11.5 Å². The van der Waals surface area contributed by atoms with Gasteiger partial charge < -0.3 is 19.7 Å². The van der Waals surface area contributed by atoms with Gasteiger partial charge in [0.25, 0.3) is 5.91 Å². The van der Waals surface area contributed by atoms with Crippen LogP contribution in [0.2, 0.25) is 0 Å². The minimum atomic E-state index is -0.610. The molecule has 2 aromatic rings. The van der Waals surface area contributed by atoms with E-state index in [4.69, 9.17) is 9.47 Å². The molecule has 1 aromatic heterocycles. The van der Waals surface area contributed by atoms with Crippen molar-refractivity contribution in [2.45, 2.75) is 12.5 Å². The van der Waals surface area contributed by atoms with Crippen molar-refractivity contribution >= 4 is 11.9 Å². The van der Waals surface area contributed by atoms with Crippen molar-refractivity contribution in [3.8, 4) is 11.5 Å². The molecule has 1 atom stereocenters. The molecule has 156 valence electrons. The number of amides is 3. The summed E-state index contributed by atoms with van der Waals surface area (Å²) in [5.74, 6) is 1.11. The van der Waals surface area contributed by atoms with Gasteiger partial charge in [-0.05, 0) is 30.3 Å². The lowest BCUT2D eigenvalue weighted by Gasteiger charge is -2.31. The first-order valence-corrected chi connectivity index (χ1v) is 9.72. The van der Waals surface area contributed by atoms with Gasteiger partial charge in [0.15, 0.2) is 0 Å². The Bertz CT molecular complexity index is 1010. The highest BCUT2D eigenvalue weighted by molar-refractivity contribution is 6.01. The number of urea groups is 1. The number of carbonyl (C=O) groups excluding carboxylic acids is 2. The van der Waals surface area contributed by atoms with Gasteiger partial charge in [-0.25, -0.2) is 4.79 Å². The van der Waals surface area contributed by atoms with Crippen LogP contribution < -0.4 is 14.8 Å². The fourth-order valence-corrected chi connectivity index (χ4v) is 3.90. The summed E-state index contributed by atoms with van der Waals surface area (Å²) in [7, 11) is 4.82. The van der Waals surface area contributed by atoms with E-state index < -0.39 is 6.04 Å². The van der Waals surface area contributed by atoms with Crippen LogP contribution in [0.25, 0.3) is 0 Å². The minimum absolute atomic E-state index is 0.0948. The van der Waals surface area contributed by atoms with E-state index in [-0.39, 0.29) is 11.9 Å². The van der Waals surface area contributed by atoms with Crippen LogP contribution in [0.1, 0.15) is 17.3 Å². The third-order valence-electron chi connectivity index (χ3n) is 5.55. The zero-order valence-corrected chi connectivity index (χ0v) is 17.2. The molecule has 1 N–H and O–H groups in total. The van der Waals surface area contributed by atoms with E-state index in [2.05, 4.69) is 10.3 Å². The van der Waals surface area contributed by atoms with E-state index in [0.29, 0.717) is 47.8 Å². The summed E-state index contributed by atoms with van der Waals surface area (Å²) in [5.41, 5.74) is 2.87. The zero-order valence-electron chi connectivity index (χ0n) is 17.2. The van der Waals surface area contributed by atoms with E-state index in [1.54, 1.807) is 50.6 Å². The van der Waals surface area contributed by atoms with Gasteiger partial charge >= 0.3 is 6.03 Å². The second-order valence-corrected chi connectivity index (χ2v) is 7.21. The van der Waals surface area contributed by atoms with Gasteiger partial charge in [0, 0.05) is 37.5 Å². The Morgan fingerprint density at radius 1 is 1.17 bits per heavy atom. The molecule has 4 rings (SSSR count). The summed E-state index contributed by atoms with van der Waals surface area (Å²) < 4.78 is 10.8. The summed E-state index contributed by atoms with van der Waals surface area (Å²) in [5, 5.41) is 2.94. The Kier molecular flexibility index (Phi) is 5.31. The first kappa shape index (κ1) is 19.8. The number of methoxy groups -OCH3 is 2. The van der Waals surface area contributed by atoms with Crippen LogP contribution in [0, 0.1) is 0 Å². The molecule has 0 radical (unpaired) electrons. The van der Waals surface area contributed by atoms with Crippen LogP contribution in [0.3, 0.4) is 0 Å². The number of aromatic nitrogens is 1. The van der Waals surface area contributed by atoms with Crippen LogP contribution >= 0.6 is 0 Å². The van der Waals surface area contributed by atoms with Gasteiger partial charge in [-0.3, -0.25) is 14.7 Å². The van der Waals surface area contributed by atoms with E-state index in [1.807, 2.05) is 18.2 Å². The SMILES string of the molecule is COc1ccc(OC)c([C@@H]2NC(=O)N(C)C3=C2C(=O)N(CCc2ccccn2)C3)c1. The van der Waals surface area contributed by atoms with Gasteiger partial charge in [-0.1, -0.05) is 6.07 Å². The monoisotopic (exact) mass is 408 g/mol. The van der Waals surface area contributed by atoms with Gasteiger partial charge in [-0.15, -0.1) is 0 Å². The van der Waals surface area contributed by atoms with Crippen molar-refractivity contribution in [2.75, 3.05) is 34.4 Å². The number of benzene rings is 1. The van der Waals surface area contributed by atoms with Crippen LogP contribution in [-0.4, -0.2) is 61.1 Å². The molecular weight excluding hydrogens is 384 g/mol. The Morgan fingerprint density at radius 3 is 2.70 bits per heavy atom. The topological polar surface area (TPSA) is 84.0 Å². The van der Waals surface area contributed by atoms with E-state index in [1.165, 1.54) is 4.90 Å². The van der Waals surface area contributed by atoms with Crippen molar-refractivity contribution in [3.05, 3.63) is 65.1 Å². The number of hydrogen-bond acceptors (Lipinski definition) is 5. The van der Waals surface area contributed by atoms with Crippen LogP contribution in [0.4, 0.5) is 4.79 Å². The highest BCUT2D eigenvalue weighted by Crippen LogP contribution is 2.40. The Labute approximate surface area is 175 Å². The predicted molar refractivity (Wildman–Crippen MR) is 110 cm³/mol. The lowest BCUT2D eigenvalue weighted by molar-refractivity contribution is -0.125. The zero-order chi connectivity index (χ0) is 21.3. The number of nitrogens with zero attached hydrogens (tertiary/aromatic N) is 3. The van der Waals surface area contributed by atoms with Crippen LogP contribution in [-0.2, 0) is 11.2 Å². The molecule has 0 saturated carbocycles. The summed E-state index contributed by atoms with van der Waals surface area (Å²) in [6.07, 6.45) is 2.39. The summed E-state index contributed by atoms with van der Waals surface area (Å²) in [4.78, 5) is 33.6. The molecular formula is C22H24N4O4. The summed E-state index contributed by atoms with van der Waals surface area (Å²) in [6.45, 7) is 0.903. The highest BCUT2D eigenvalue weighted by Gasteiger charge is 2.43. The van der Waals surface area contributed by atoms with Crippen molar-refractivity contribution in [2.24, 2.45) is 0 Å². The normalized spacial score (nSPS) is 18.4. The first-order chi connectivity index (χ1) is 14.5. The van der Waals surface area contributed by atoms with Gasteiger partial charge in [-0.2, -0.15) is 0 Å². The molecule has 0 aliphatic carbocycles. The predicted octanol–water partition coefficient (Wildman–Crippen LogP) is 2.13. The molecule has 0 saturated heterocycles. The number of carbonyl (C=O) groups is 2. The number of nitrogens with one attached hydrogen (secondary N) is 1. The Balaban J connectivity index is 1.66. The number of pyridine rings is 1. The lowest BCUT2D eigenvalue weighted by atomic mass is 9.94. The lowest BCUT2D eigenvalue weighted by Crippen LogP contribution is -2.45. The summed E-state index contributed by atoms with van der Waals surface area (Å²) >= 11 is 0. The van der Waals surface area contributed by atoms with Crippen molar-refractivity contribution in [1.82, 2.24) is 20.1 Å². The number of likely N-dealkylation sites (N-methyl/N-ethyl adjacent to an activating group) is 1. The maximum atomic E-state index is 13.3. The molecule has 3 amide bonds. The Hall–Kier alpha value is -3.55. The van der Waals surface area contributed by atoms with Crippen LogP contribution in [0.5, 0.6) is 11.5 Å². The molecule has 0 unspecified atom stereocenters. The molecule has 0 bridgehead atoms. The fourth-order valence-electron chi connectivity index (χ4n) is 3.90. The first-order valence-electron chi connectivity index (χ1n) is 9.72. The molecule has 0 spiro atoms. The molecule has 2 aliphatic rings. The standard InChI is InChI=1S/C22H24N4O4/c1-25-17-13-26(11-9-14-6-4-5-10-23-14)21(27)19(17)20(24-22(25)28)16-12-15(29-2)7-8-18(16)30-3/h4-8,10,12,20H,9,11,13H2,1-3H3,(H,24,28)/t20-/m0/s1.